The lowest BCUT2D eigenvalue weighted by atomic mass is 9.55. The fraction of sp³-hybridized carbons (Fsp3) is 0.143. The van der Waals surface area contributed by atoms with Gasteiger partial charge in [0.15, 0.2) is 0 Å². The van der Waals surface area contributed by atoms with E-state index in [-0.39, 0.29) is 5.91 Å². The smallest absolute Gasteiger partial charge is 0.362 e. The summed E-state index contributed by atoms with van der Waals surface area (Å²) in [6, 6.07) is 25.3. The molecule has 0 aliphatic rings. The molecule has 3 aromatic carbocycles. The Morgan fingerprint density at radius 3 is 2.03 bits per heavy atom. The van der Waals surface area contributed by atoms with Crippen LogP contribution in [0.15, 0.2) is 85.1 Å². The van der Waals surface area contributed by atoms with Crippen molar-refractivity contribution in [3.05, 3.63) is 117 Å². The molecule has 4 rings (SSSR count). The van der Waals surface area contributed by atoms with E-state index in [9.17, 15) is 4.79 Å². The first-order chi connectivity index (χ1) is 16.8. The van der Waals surface area contributed by atoms with Crippen molar-refractivity contribution in [1.29, 1.82) is 0 Å². The number of anilines is 1. The molecule has 1 unspecified atom stereocenters. The van der Waals surface area contributed by atoms with Gasteiger partial charge in [0.1, 0.15) is 6.10 Å². The van der Waals surface area contributed by atoms with Crippen molar-refractivity contribution in [2.24, 2.45) is 0 Å². The summed E-state index contributed by atoms with van der Waals surface area (Å²) in [6.07, 6.45) is 1.15. The van der Waals surface area contributed by atoms with Crippen LogP contribution in [0.1, 0.15) is 35.4 Å². The largest absolute Gasteiger partial charge is 0.414 e. The maximum absolute atomic E-state index is 11.6. The Morgan fingerprint density at radius 1 is 0.886 bits per heavy atom. The second kappa shape index (κ2) is 11.1. The van der Waals surface area contributed by atoms with Crippen molar-refractivity contribution in [1.82, 2.24) is 4.98 Å². The fourth-order valence-corrected chi connectivity index (χ4v) is 4.23. The molecule has 0 aliphatic heterocycles. The van der Waals surface area contributed by atoms with Crippen LogP contribution in [0, 0.1) is 13.8 Å². The minimum Gasteiger partial charge on any atom is -0.414 e. The summed E-state index contributed by atoms with van der Waals surface area (Å²) in [6.45, 7) is 4.94. The zero-order valence-electron chi connectivity index (χ0n) is 19.8. The second-order valence-corrected chi connectivity index (χ2v) is 9.29. The van der Waals surface area contributed by atoms with Gasteiger partial charge in [-0.15, -0.1) is 0 Å². The molecule has 0 fully saturated rings. The first-order valence-corrected chi connectivity index (χ1v) is 12.0. The Bertz CT molecular complexity index is 1300. The molecule has 4 aromatic rings. The summed E-state index contributed by atoms with van der Waals surface area (Å²) < 4.78 is 6.85. The summed E-state index contributed by atoms with van der Waals surface area (Å²) in [5, 5.41) is 4.15. The third kappa shape index (κ3) is 6.12. The van der Waals surface area contributed by atoms with E-state index in [1.807, 2.05) is 86.6 Å². The molecule has 1 heterocycles. The number of nitrogens with one attached hydrogen (secondary N) is 1. The Hall–Kier alpha value is -3.12. The summed E-state index contributed by atoms with van der Waals surface area (Å²) >= 11 is 13.0. The number of halogens is 2. The maximum atomic E-state index is 11.6. The number of carbonyl (C=O) groups excluding carboxylic acids is 1. The molecular weight excluding hydrogens is 478 g/mol. The fourth-order valence-electron chi connectivity index (χ4n) is 3.85. The lowest BCUT2D eigenvalue weighted by molar-refractivity contribution is -0.114. The van der Waals surface area contributed by atoms with E-state index >= 15 is 0 Å². The van der Waals surface area contributed by atoms with Gasteiger partial charge in [-0.3, -0.25) is 9.78 Å². The average Bonchev–Trinajstić information content (AvgIpc) is 2.84. The molecule has 7 heteroatoms. The van der Waals surface area contributed by atoms with E-state index in [0.29, 0.717) is 21.4 Å². The predicted octanol–water partition coefficient (Wildman–Crippen LogP) is 5.88. The molecule has 1 N–H and O–H groups in total. The number of aromatic nitrogens is 1. The van der Waals surface area contributed by atoms with Crippen molar-refractivity contribution >= 4 is 52.6 Å². The standard InChI is InChI=1S/C28H25BCl2N2O2/c1-18-9-11-22(15-25(18)30)29(23-12-10-19(2)26(31)16-23)35-28(21-7-5-4-6-8-21)27-17-24(13-14-32-27)33-20(3)34/h4-17,28H,1-3H3,(H,32,33,34). The zero-order valence-corrected chi connectivity index (χ0v) is 21.3. The van der Waals surface area contributed by atoms with Gasteiger partial charge >= 0.3 is 6.92 Å². The molecule has 1 amide bonds. The van der Waals surface area contributed by atoms with Crippen LogP contribution < -0.4 is 16.2 Å². The van der Waals surface area contributed by atoms with E-state index < -0.39 is 13.0 Å². The number of carbonyl (C=O) groups is 1. The second-order valence-electron chi connectivity index (χ2n) is 8.47. The van der Waals surface area contributed by atoms with Crippen LogP contribution in [0.3, 0.4) is 0 Å². The maximum Gasteiger partial charge on any atom is 0.362 e. The van der Waals surface area contributed by atoms with Crippen LogP contribution in [0.4, 0.5) is 5.69 Å². The van der Waals surface area contributed by atoms with Crippen molar-refractivity contribution in [3.8, 4) is 0 Å². The summed E-state index contributed by atoms with van der Waals surface area (Å²) in [5.41, 5.74) is 6.03. The molecule has 1 atom stereocenters. The molecule has 4 nitrogen and oxygen atoms in total. The van der Waals surface area contributed by atoms with Crippen LogP contribution in [-0.2, 0) is 9.45 Å². The van der Waals surface area contributed by atoms with Gasteiger partial charge in [0.2, 0.25) is 5.91 Å². The first kappa shape index (κ1) is 25.0. The molecule has 35 heavy (non-hydrogen) atoms. The topological polar surface area (TPSA) is 51.2 Å². The average molecular weight is 503 g/mol. The molecule has 176 valence electrons. The highest BCUT2D eigenvalue weighted by molar-refractivity contribution is 6.80. The molecule has 0 aliphatic carbocycles. The highest BCUT2D eigenvalue weighted by Crippen LogP contribution is 2.28. The van der Waals surface area contributed by atoms with E-state index in [2.05, 4.69) is 10.3 Å². The molecule has 0 spiro atoms. The minimum absolute atomic E-state index is 0.152. The number of rotatable bonds is 7. The number of pyridine rings is 1. The lowest BCUT2D eigenvalue weighted by Gasteiger charge is -2.25. The molecule has 0 bridgehead atoms. The Morgan fingerprint density at radius 2 is 1.49 bits per heavy atom. The predicted molar refractivity (Wildman–Crippen MR) is 145 cm³/mol. The molecule has 0 saturated carbocycles. The summed E-state index contributed by atoms with van der Waals surface area (Å²) in [5.74, 6) is -0.152. The van der Waals surface area contributed by atoms with Gasteiger partial charge < -0.3 is 9.97 Å². The minimum atomic E-state index is -0.518. The normalized spacial score (nSPS) is 11.7. The van der Waals surface area contributed by atoms with Crippen LogP contribution in [0.25, 0.3) is 0 Å². The van der Waals surface area contributed by atoms with E-state index in [0.717, 1.165) is 27.6 Å². The Balaban J connectivity index is 1.83. The van der Waals surface area contributed by atoms with E-state index in [1.165, 1.54) is 6.92 Å². The summed E-state index contributed by atoms with van der Waals surface area (Å²) in [4.78, 5) is 16.2. The number of hydrogen-bond acceptors (Lipinski definition) is 3. The van der Waals surface area contributed by atoms with Crippen LogP contribution >= 0.6 is 23.2 Å². The Labute approximate surface area is 216 Å². The third-order valence-electron chi connectivity index (χ3n) is 5.74. The molecule has 1 aromatic heterocycles. The van der Waals surface area contributed by atoms with Gasteiger partial charge in [-0.2, -0.15) is 0 Å². The van der Waals surface area contributed by atoms with Crippen LogP contribution in [0.5, 0.6) is 0 Å². The highest BCUT2D eigenvalue weighted by atomic mass is 35.5. The van der Waals surface area contributed by atoms with Crippen molar-refractivity contribution in [2.75, 3.05) is 5.32 Å². The first-order valence-electron chi connectivity index (χ1n) is 11.3. The number of hydrogen-bond donors (Lipinski definition) is 1. The lowest BCUT2D eigenvalue weighted by Crippen LogP contribution is -2.46. The molecule has 0 saturated heterocycles. The van der Waals surface area contributed by atoms with Crippen LogP contribution in [-0.4, -0.2) is 17.8 Å². The third-order valence-corrected chi connectivity index (χ3v) is 6.56. The van der Waals surface area contributed by atoms with E-state index in [1.54, 1.807) is 12.3 Å². The van der Waals surface area contributed by atoms with Gasteiger partial charge in [-0.1, -0.05) is 77.8 Å². The quantitative estimate of drug-likeness (QED) is 0.321. The summed E-state index contributed by atoms with van der Waals surface area (Å²) in [7, 11) is 0. The van der Waals surface area contributed by atoms with Gasteiger partial charge in [-0.25, -0.2) is 0 Å². The zero-order chi connectivity index (χ0) is 24.9. The number of benzene rings is 3. The van der Waals surface area contributed by atoms with Crippen molar-refractivity contribution in [3.63, 3.8) is 0 Å². The van der Waals surface area contributed by atoms with Crippen molar-refractivity contribution in [2.45, 2.75) is 26.9 Å². The number of nitrogens with zero attached hydrogens (tertiary/aromatic N) is 1. The number of amides is 1. The van der Waals surface area contributed by atoms with E-state index in [4.69, 9.17) is 27.9 Å². The van der Waals surface area contributed by atoms with Gasteiger partial charge in [0, 0.05) is 28.9 Å². The SMILES string of the molecule is CC(=O)Nc1ccnc(C(OB(c2ccc(C)c(Cl)c2)c2ccc(C)c(Cl)c2)c2ccccc2)c1. The van der Waals surface area contributed by atoms with Crippen molar-refractivity contribution < 1.29 is 9.45 Å². The van der Waals surface area contributed by atoms with Crippen LogP contribution in [0.2, 0.25) is 10.0 Å². The van der Waals surface area contributed by atoms with Gasteiger partial charge in [0.05, 0.1) is 5.69 Å². The Kier molecular flexibility index (Phi) is 7.91. The van der Waals surface area contributed by atoms with Gasteiger partial charge in [0.25, 0.3) is 0 Å². The molecule has 0 radical (unpaired) electrons. The number of aryl methyl sites for hydroxylation is 2. The van der Waals surface area contributed by atoms with Gasteiger partial charge in [-0.05, 0) is 65.7 Å². The monoisotopic (exact) mass is 502 g/mol. The molecular formula is C28H25BCl2N2O2. The highest BCUT2D eigenvalue weighted by Gasteiger charge is 2.29.